The Morgan fingerprint density at radius 3 is 3.05 bits per heavy atom. The van der Waals surface area contributed by atoms with E-state index in [0.717, 1.165) is 24.5 Å². The van der Waals surface area contributed by atoms with Gasteiger partial charge in [-0.2, -0.15) is 11.8 Å². The first-order chi connectivity index (χ1) is 9.20. The van der Waals surface area contributed by atoms with E-state index >= 15 is 0 Å². The van der Waals surface area contributed by atoms with E-state index in [2.05, 4.69) is 30.5 Å². The van der Waals surface area contributed by atoms with E-state index in [0.29, 0.717) is 17.8 Å². The number of ether oxygens (including phenoxy) is 1. The van der Waals surface area contributed by atoms with Gasteiger partial charge in [0, 0.05) is 36.7 Å². The van der Waals surface area contributed by atoms with E-state index in [1.54, 1.807) is 0 Å². The van der Waals surface area contributed by atoms with Crippen LogP contribution in [0.15, 0.2) is 24.3 Å². The molecule has 2 N–H and O–H groups in total. The van der Waals surface area contributed by atoms with E-state index in [1.165, 1.54) is 12.3 Å². The minimum absolute atomic E-state index is 0.565. The predicted molar refractivity (Wildman–Crippen MR) is 82.8 cm³/mol. The third-order valence-electron chi connectivity index (χ3n) is 3.80. The number of benzene rings is 1. The second-order valence-electron chi connectivity index (χ2n) is 5.05. The molecule has 0 aromatic heterocycles. The topological polar surface area (TPSA) is 38.5 Å². The smallest absolute Gasteiger partial charge is 0.119 e. The number of rotatable bonds is 5. The zero-order valence-corrected chi connectivity index (χ0v) is 12.7. The summed E-state index contributed by atoms with van der Waals surface area (Å²) >= 11 is 2.07. The lowest BCUT2D eigenvalue weighted by atomic mass is 10.2. The SMILES string of the molecule is CC1SCCN(CCOc2cccc(CN)c2)C1C. The molecule has 3 nitrogen and oxygen atoms in total. The molecule has 1 saturated heterocycles. The van der Waals surface area contributed by atoms with Crippen molar-refractivity contribution >= 4 is 11.8 Å². The molecule has 0 radical (unpaired) electrons. The number of hydrogen-bond donors (Lipinski definition) is 1. The maximum absolute atomic E-state index is 5.83. The molecule has 0 amide bonds. The summed E-state index contributed by atoms with van der Waals surface area (Å²) in [5, 5.41) is 0.717. The lowest BCUT2D eigenvalue weighted by molar-refractivity contribution is 0.170. The average Bonchev–Trinajstić information content (AvgIpc) is 2.44. The molecule has 2 unspecified atom stereocenters. The van der Waals surface area contributed by atoms with Crippen LogP contribution < -0.4 is 10.5 Å². The zero-order valence-electron chi connectivity index (χ0n) is 11.8. The first-order valence-corrected chi connectivity index (χ1v) is 8.03. The van der Waals surface area contributed by atoms with E-state index in [1.807, 2.05) is 24.3 Å². The highest BCUT2D eigenvalue weighted by atomic mass is 32.2. The van der Waals surface area contributed by atoms with Crippen molar-refractivity contribution < 1.29 is 4.74 Å². The van der Waals surface area contributed by atoms with Crippen LogP contribution in [0.25, 0.3) is 0 Å². The molecule has 1 aromatic carbocycles. The summed E-state index contributed by atoms with van der Waals surface area (Å²) in [7, 11) is 0. The Hall–Kier alpha value is -0.710. The lowest BCUT2D eigenvalue weighted by Gasteiger charge is -2.37. The Morgan fingerprint density at radius 1 is 1.42 bits per heavy atom. The fourth-order valence-electron chi connectivity index (χ4n) is 2.35. The van der Waals surface area contributed by atoms with Crippen molar-refractivity contribution in [1.82, 2.24) is 4.90 Å². The molecule has 106 valence electrons. The van der Waals surface area contributed by atoms with Gasteiger partial charge in [0.15, 0.2) is 0 Å². The minimum atomic E-state index is 0.565. The van der Waals surface area contributed by atoms with Gasteiger partial charge in [0.2, 0.25) is 0 Å². The molecule has 2 atom stereocenters. The molecular weight excluding hydrogens is 256 g/mol. The number of nitrogens with zero attached hydrogens (tertiary/aromatic N) is 1. The van der Waals surface area contributed by atoms with E-state index in [4.69, 9.17) is 10.5 Å². The van der Waals surface area contributed by atoms with Gasteiger partial charge in [-0.15, -0.1) is 0 Å². The summed E-state index contributed by atoms with van der Waals surface area (Å²) in [4.78, 5) is 2.52. The highest BCUT2D eigenvalue weighted by Crippen LogP contribution is 2.23. The predicted octanol–water partition coefficient (Wildman–Crippen LogP) is 2.35. The molecule has 0 saturated carbocycles. The van der Waals surface area contributed by atoms with Crippen molar-refractivity contribution in [3.63, 3.8) is 0 Å². The normalized spacial score (nSPS) is 24.4. The Bertz CT molecular complexity index is 399. The van der Waals surface area contributed by atoms with Crippen LogP contribution in [0, 0.1) is 0 Å². The van der Waals surface area contributed by atoms with Crippen LogP contribution in [0.2, 0.25) is 0 Å². The highest BCUT2D eigenvalue weighted by molar-refractivity contribution is 8.00. The quantitative estimate of drug-likeness (QED) is 0.898. The number of thioether (sulfide) groups is 1. The van der Waals surface area contributed by atoms with Crippen molar-refractivity contribution in [2.24, 2.45) is 5.73 Å². The Morgan fingerprint density at radius 2 is 2.26 bits per heavy atom. The molecule has 0 aliphatic carbocycles. The van der Waals surface area contributed by atoms with Gasteiger partial charge in [0.05, 0.1) is 0 Å². The summed E-state index contributed by atoms with van der Waals surface area (Å²) in [6.07, 6.45) is 0. The number of nitrogens with two attached hydrogens (primary N) is 1. The molecule has 2 rings (SSSR count). The standard InChI is InChI=1S/C15H24N2OS/c1-12-13(2)19-9-7-17(12)6-8-18-15-5-3-4-14(10-15)11-16/h3-5,10,12-13H,6-9,11,16H2,1-2H3. The van der Waals surface area contributed by atoms with Crippen LogP contribution in [0.1, 0.15) is 19.4 Å². The van der Waals surface area contributed by atoms with E-state index in [-0.39, 0.29) is 0 Å². The van der Waals surface area contributed by atoms with Gasteiger partial charge < -0.3 is 10.5 Å². The van der Waals surface area contributed by atoms with Crippen molar-refractivity contribution in [3.8, 4) is 5.75 Å². The third kappa shape index (κ3) is 4.13. The molecule has 0 spiro atoms. The minimum Gasteiger partial charge on any atom is -0.492 e. The van der Waals surface area contributed by atoms with Crippen LogP contribution in [-0.4, -0.2) is 41.6 Å². The monoisotopic (exact) mass is 280 g/mol. The van der Waals surface area contributed by atoms with Crippen molar-refractivity contribution in [3.05, 3.63) is 29.8 Å². The van der Waals surface area contributed by atoms with Gasteiger partial charge in [-0.1, -0.05) is 19.1 Å². The lowest BCUT2D eigenvalue weighted by Crippen LogP contribution is -2.46. The summed E-state index contributed by atoms with van der Waals surface area (Å²) in [5.41, 5.74) is 6.75. The van der Waals surface area contributed by atoms with E-state index < -0.39 is 0 Å². The maximum Gasteiger partial charge on any atom is 0.119 e. The zero-order chi connectivity index (χ0) is 13.7. The van der Waals surface area contributed by atoms with Gasteiger partial charge in [-0.3, -0.25) is 4.90 Å². The van der Waals surface area contributed by atoms with Gasteiger partial charge in [-0.25, -0.2) is 0 Å². The average molecular weight is 280 g/mol. The number of hydrogen-bond acceptors (Lipinski definition) is 4. The summed E-state index contributed by atoms with van der Waals surface area (Å²) in [5.74, 6) is 2.16. The van der Waals surface area contributed by atoms with Crippen molar-refractivity contribution in [1.29, 1.82) is 0 Å². The van der Waals surface area contributed by atoms with Gasteiger partial charge in [0.25, 0.3) is 0 Å². The molecular formula is C15H24N2OS. The third-order valence-corrected chi connectivity index (χ3v) is 5.13. The maximum atomic E-state index is 5.83. The van der Waals surface area contributed by atoms with Crippen molar-refractivity contribution in [2.75, 3.05) is 25.4 Å². The molecule has 1 fully saturated rings. The summed E-state index contributed by atoms with van der Waals surface area (Å²) in [6, 6.07) is 8.69. The summed E-state index contributed by atoms with van der Waals surface area (Å²) < 4.78 is 5.83. The Kier molecular flexibility index (Phi) is 5.55. The van der Waals surface area contributed by atoms with Crippen LogP contribution in [-0.2, 0) is 6.54 Å². The van der Waals surface area contributed by atoms with Gasteiger partial charge in [0.1, 0.15) is 12.4 Å². The second-order valence-corrected chi connectivity index (χ2v) is 6.54. The molecule has 1 aromatic rings. The molecule has 0 bridgehead atoms. The Balaban J connectivity index is 1.79. The van der Waals surface area contributed by atoms with Crippen molar-refractivity contribution in [2.45, 2.75) is 31.7 Å². The Labute approximate surface area is 120 Å². The largest absolute Gasteiger partial charge is 0.492 e. The second kappa shape index (κ2) is 7.17. The van der Waals surface area contributed by atoms with Crippen LogP contribution in [0.3, 0.4) is 0 Å². The molecule has 19 heavy (non-hydrogen) atoms. The van der Waals surface area contributed by atoms with Gasteiger partial charge >= 0.3 is 0 Å². The van der Waals surface area contributed by atoms with E-state index in [9.17, 15) is 0 Å². The molecule has 1 aliphatic rings. The fraction of sp³-hybridized carbons (Fsp3) is 0.600. The summed E-state index contributed by atoms with van der Waals surface area (Å²) in [6.45, 7) is 8.10. The molecule has 1 aliphatic heterocycles. The fourth-order valence-corrected chi connectivity index (χ4v) is 3.52. The highest BCUT2D eigenvalue weighted by Gasteiger charge is 2.24. The molecule has 1 heterocycles. The van der Waals surface area contributed by atoms with Crippen LogP contribution in [0.5, 0.6) is 5.75 Å². The molecule has 4 heteroatoms. The first kappa shape index (κ1) is 14.7. The van der Waals surface area contributed by atoms with Crippen LogP contribution in [0.4, 0.5) is 0 Å². The van der Waals surface area contributed by atoms with Gasteiger partial charge in [-0.05, 0) is 24.6 Å². The van der Waals surface area contributed by atoms with Crippen LogP contribution >= 0.6 is 11.8 Å². The first-order valence-electron chi connectivity index (χ1n) is 6.98.